The molecule has 4 saturated heterocycles. The average Bonchev–Trinajstić information content (AvgIpc) is 1.58. The van der Waals surface area contributed by atoms with E-state index in [2.05, 4.69) is 101 Å². The number of aromatic nitrogens is 16. The molecule has 0 aliphatic carbocycles. The van der Waals surface area contributed by atoms with Crippen LogP contribution in [0.1, 0.15) is 234 Å². The molecule has 8 aromatic heterocycles. The fraction of sp³-hybridized carbons (Fsp3) is 0.560. The first-order chi connectivity index (χ1) is 76.7. The number of nitrogens with zero attached hydrogens (tertiary/aromatic N) is 16. The highest BCUT2D eigenvalue weighted by molar-refractivity contribution is 7.90. The number of aryl methyl sites for hydroxylation is 8. The molecule has 0 bridgehead atoms. The van der Waals surface area contributed by atoms with E-state index in [0.717, 1.165) is 84.0 Å². The average molecular weight is 2090 g/mol. The maximum atomic E-state index is 13.4. The van der Waals surface area contributed by atoms with Gasteiger partial charge < -0.3 is 58.5 Å². The zero-order valence-corrected chi connectivity index (χ0v) is 86.4. The van der Waals surface area contributed by atoms with Crippen molar-refractivity contribution in [2.75, 3.05) is 107 Å². The summed E-state index contributed by atoms with van der Waals surface area (Å²) in [6.45, 7) is 1.43. The van der Waals surface area contributed by atoms with Gasteiger partial charge in [0.15, 0.2) is 22.1 Å². The van der Waals surface area contributed by atoms with Gasteiger partial charge in [-0.2, -0.15) is 20.4 Å². The SMILES string of the molecule is [2H]C(CC1CCCN1C)NS(=O)(=O)c1ccc(OCCC)c(-c2nc3c(C([2H])([2H])CC)nn(C([2H])([2H])[2H])c3c(=O)[nH]2)c1.[2H]C(CC1CCCN1C)NS(=O)(=O)c1ccc(OCCC)c(-c2nc3c(CCC([2H])([2H])[2H])nn(C)c3c(=O)[nH]2)c1.[2H]C([2H])(CC1CCCN1C)NS(=O)(=O)c1ccc(OCCC)c(-c2nc3c(C([2H])([2H])CC)nn(C([2H])([2H])[2H])c3c(=O)[nH]2)c1.[2H]C([2H])([2H])CCc1nn(C)c2c(=O)[nH]c(-c3cc(S(=O)(=O)NCCC4CCCN4C)ccc3OCCC)nc12. The van der Waals surface area contributed by atoms with E-state index in [4.69, 9.17) is 46.4 Å². The van der Waals surface area contributed by atoms with E-state index in [-0.39, 0.29) is 192 Å². The fourth-order valence-electron chi connectivity index (χ4n) is 17.6. The highest BCUT2D eigenvalue weighted by atomic mass is 32.2. The number of likely N-dealkylation sites (tertiary alicyclic amines) is 4. The van der Waals surface area contributed by atoms with Gasteiger partial charge in [0.1, 0.15) is 68.4 Å². The molecule has 0 amide bonds. The van der Waals surface area contributed by atoms with Gasteiger partial charge in [-0.25, -0.2) is 72.5 Å². The normalized spacial score (nSPS) is 19.9. The number of aromatic amines is 4. The van der Waals surface area contributed by atoms with Crippen LogP contribution in [-0.4, -0.2) is 263 Å². The first-order valence-corrected chi connectivity index (χ1v) is 54.4. The number of rotatable bonds is 44. The summed E-state index contributed by atoms with van der Waals surface area (Å²) < 4.78 is 302. The smallest absolute Gasteiger partial charge is 0.277 e. The van der Waals surface area contributed by atoms with E-state index >= 15 is 0 Å². The molecule has 12 heterocycles. The summed E-state index contributed by atoms with van der Waals surface area (Å²) in [6.07, 6.45) is 7.17. The molecule has 44 heteroatoms. The minimum absolute atomic E-state index is 0.0241. The number of sulfonamides is 4. The Morgan fingerprint density at radius 2 is 0.646 bits per heavy atom. The predicted molar refractivity (Wildman–Crippen MR) is 559 cm³/mol. The number of benzene rings is 4. The highest BCUT2D eigenvalue weighted by Gasteiger charge is 2.32. The van der Waals surface area contributed by atoms with Crippen LogP contribution in [0.3, 0.4) is 0 Å². The van der Waals surface area contributed by atoms with Crippen molar-refractivity contribution in [2.45, 2.75) is 253 Å². The van der Waals surface area contributed by atoms with Crippen LogP contribution in [0.5, 0.6) is 23.0 Å². The van der Waals surface area contributed by atoms with Gasteiger partial charge in [-0.1, -0.05) is 80.9 Å². The molecule has 784 valence electrons. The third kappa shape index (κ3) is 26.5. The van der Waals surface area contributed by atoms with Gasteiger partial charge in [0.25, 0.3) is 22.2 Å². The Bertz CT molecular complexity index is 8130. The molecule has 0 saturated carbocycles. The zero-order chi connectivity index (χ0) is 121. The second kappa shape index (κ2) is 49.9. The van der Waals surface area contributed by atoms with Crippen molar-refractivity contribution in [3.05, 3.63) is 137 Å². The number of H-pyrrole nitrogens is 4. The van der Waals surface area contributed by atoms with E-state index in [9.17, 15) is 52.8 Å². The number of fused-ring (bicyclic) bond motifs is 4. The van der Waals surface area contributed by atoms with Crippen molar-refractivity contribution in [1.29, 1.82) is 0 Å². The zero-order valence-electron chi connectivity index (χ0n) is 103. The fourth-order valence-corrected chi connectivity index (χ4v) is 21.5. The summed E-state index contributed by atoms with van der Waals surface area (Å²) in [7, 11) is -5.50. The minimum atomic E-state index is -4.42. The molecule has 4 aliphatic heterocycles. The Hall–Kier alpha value is -11.0. The van der Waals surface area contributed by atoms with E-state index in [1.807, 2.05) is 53.7 Å². The summed E-state index contributed by atoms with van der Waals surface area (Å²) in [5, 5.41) is 16.5. The van der Waals surface area contributed by atoms with Crippen LogP contribution in [0.25, 0.3) is 89.7 Å². The van der Waals surface area contributed by atoms with Crippen LogP contribution < -0.4 is 60.1 Å². The van der Waals surface area contributed by atoms with Gasteiger partial charge in [-0.3, -0.25) is 37.9 Å². The molecule has 6 atom stereocenters. The van der Waals surface area contributed by atoms with Crippen molar-refractivity contribution < 1.29 is 80.0 Å². The molecule has 16 rings (SSSR count). The van der Waals surface area contributed by atoms with E-state index < -0.39 is 133 Å². The summed E-state index contributed by atoms with van der Waals surface area (Å²) in [6, 6.07) is 17.0. The lowest BCUT2D eigenvalue weighted by Crippen LogP contribution is -2.31. The van der Waals surface area contributed by atoms with E-state index in [1.54, 1.807) is 27.1 Å². The van der Waals surface area contributed by atoms with Gasteiger partial charge in [-0.05, 0) is 255 Å². The summed E-state index contributed by atoms with van der Waals surface area (Å²) in [5.41, 5.74) is -2.57. The van der Waals surface area contributed by atoms with Crippen LogP contribution in [-0.2, 0) is 93.7 Å². The quantitative estimate of drug-likeness (QED) is 0.0176. The van der Waals surface area contributed by atoms with Crippen molar-refractivity contribution in [3.8, 4) is 68.5 Å². The van der Waals surface area contributed by atoms with Gasteiger partial charge in [0, 0.05) is 106 Å². The van der Waals surface area contributed by atoms with Gasteiger partial charge in [0.05, 0.1) is 91.0 Å². The van der Waals surface area contributed by atoms with Crippen molar-refractivity contribution in [2.24, 2.45) is 28.0 Å². The maximum absolute atomic E-state index is 13.4. The minimum Gasteiger partial charge on any atom is -0.493 e. The molecular weight excluding hydrogens is 1920 g/mol. The molecule has 6 unspecified atom stereocenters. The van der Waals surface area contributed by atoms with Crippen LogP contribution in [0.15, 0.2) is 112 Å². The van der Waals surface area contributed by atoms with E-state index in [1.165, 1.54) is 83.0 Å². The van der Waals surface area contributed by atoms with Crippen LogP contribution >= 0.6 is 0 Å². The van der Waals surface area contributed by atoms with Gasteiger partial charge in [-0.15, -0.1) is 0 Å². The van der Waals surface area contributed by atoms with Gasteiger partial charge >= 0.3 is 0 Å². The Balaban J connectivity index is 0.000000180. The molecule has 0 spiro atoms. The molecule has 12 aromatic rings. The van der Waals surface area contributed by atoms with Crippen LogP contribution in [0.4, 0.5) is 0 Å². The van der Waals surface area contributed by atoms with Crippen molar-refractivity contribution >= 4 is 84.2 Å². The third-order valence-electron chi connectivity index (χ3n) is 25.2. The molecule has 4 aromatic carbocycles. The Morgan fingerprint density at radius 3 is 0.938 bits per heavy atom. The second-order valence-electron chi connectivity index (χ2n) is 35.6. The van der Waals surface area contributed by atoms with Crippen LogP contribution in [0.2, 0.25) is 0 Å². The lowest BCUT2D eigenvalue weighted by Gasteiger charge is -2.19. The van der Waals surface area contributed by atoms with Crippen molar-refractivity contribution in [1.82, 2.24) is 117 Å². The van der Waals surface area contributed by atoms with Crippen molar-refractivity contribution in [3.63, 3.8) is 0 Å². The maximum Gasteiger partial charge on any atom is 0.277 e. The molecule has 40 nitrogen and oxygen atoms in total. The lowest BCUT2D eigenvalue weighted by atomic mass is 10.1. The summed E-state index contributed by atoms with van der Waals surface area (Å²) in [4.78, 5) is 89.1. The molecule has 8 N–H and O–H groups in total. The molecule has 4 fully saturated rings. The lowest BCUT2D eigenvalue weighted by molar-refractivity contribution is 0.297. The molecule has 0 radical (unpaired) electrons. The highest BCUT2D eigenvalue weighted by Crippen LogP contribution is 2.38. The number of nitrogens with one attached hydrogen (secondary N) is 8. The Kier molecular flexibility index (Phi) is 29.5. The standard InChI is InChI=1S/4C25H36N6O4S/c4*1-5-8-20-22-23(31(4)29-20)25(32)28-24(27-22)19-16-18(10-11-21(19)35-15-6-2)36(33,34)26-13-12-17-9-7-14-30(17)3/h4*10-11,16-17,26H,5-9,12-15H2,1-4H3,(H,27,28,32)/i4D3,8D2,13D2;4D3,8D2,13D;1D3,13D;1D3. The molecule has 144 heavy (non-hydrogen) atoms. The van der Waals surface area contributed by atoms with Gasteiger partial charge in [0.2, 0.25) is 40.1 Å². The van der Waals surface area contributed by atoms with Crippen LogP contribution in [0, 0.1) is 0 Å². The Morgan fingerprint density at radius 1 is 0.361 bits per heavy atom. The summed E-state index contributed by atoms with van der Waals surface area (Å²) >= 11 is 0. The third-order valence-corrected chi connectivity index (χ3v) is 30.6. The Labute approximate surface area is 871 Å². The monoisotopic (exact) mass is 2090 g/mol. The number of ether oxygens (including phenoxy) is 4. The summed E-state index contributed by atoms with van der Waals surface area (Å²) in [5.74, 6) is 0.896. The van der Waals surface area contributed by atoms with E-state index in [0.29, 0.717) is 102 Å². The molecular formula is C100H144N24O16S4. The largest absolute Gasteiger partial charge is 0.493 e. The number of hydrogen-bond donors (Lipinski definition) is 8. The molecule has 4 aliphatic rings. The topological polar surface area (TPSA) is 489 Å². The number of hydrogen-bond acceptors (Lipinski definition) is 28. The first-order valence-electron chi connectivity index (χ1n) is 58.6. The first kappa shape index (κ1) is 85.1. The second-order valence-corrected chi connectivity index (χ2v) is 42.5. The predicted octanol–water partition coefficient (Wildman–Crippen LogP) is 11.3.